The number of hydrogen-bond donors (Lipinski definition) is 1. The van der Waals surface area contributed by atoms with Crippen LogP contribution < -0.4 is 15.0 Å². The summed E-state index contributed by atoms with van der Waals surface area (Å²) in [6, 6.07) is 15.3. The largest absolute Gasteiger partial charge is 0.492 e. The average molecular weight is 490 g/mol. The van der Waals surface area contributed by atoms with Crippen LogP contribution in [0.4, 0.5) is 11.4 Å². The number of amides is 2. The van der Waals surface area contributed by atoms with Crippen LogP contribution in [0.5, 0.6) is 5.75 Å². The average Bonchev–Trinajstić information content (AvgIpc) is 2.78. The fourth-order valence-corrected chi connectivity index (χ4v) is 3.64. The van der Waals surface area contributed by atoms with Gasteiger partial charge in [0.05, 0.1) is 30.8 Å². The number of rotatable bonds is 9. The number of nitrogens with one attached hydrogen (secondary N) is 1. The minimum absolute atomic E-state index is 0.00907. The van der Waals surface area contributed by atoms with Crippen molar-refractivity contribution < 1.29 is 19.1 Å². The molecule has 8 heteroatoms. The number of benzene rings is 2. The van der Waals surface area contributed by atoms with Gasteiger partial charge in [0.25, 0.3) is 0 Å². The van der Waals surface area contributed by atoms with Crippen molar-refractivity contribution in [2.75, 3.05) is 56.7 Å². The second-order valence-electron chi connectivity index (χ2n) is 7.33. The third-order valence-electron chi connectivity index (χ3n) is 4.96. The van der Waals surface area contributed by atoms with E-state index in [-0.39, 0.29) is 18.4 Å². The van der Waals surface area contributed by atoms with Crippen molar-refractivity contribution in [3.63, 3.8) is 0 Å². The minimum atomic E-state index is -0.223. The number of ether oxygens (including phenoxy) is 2. The minimum Gasteiger partial charge on any atom is -0.492 e. The quantitative estimate of drug-likeness (QED) is 0.545. The Morgan fingerprint density at radius 1 is 1.13 bits per heavy atom. The van der Waals surface area contributed by atoms with Crippen molar-refractivity contribution in [2.24, 2.45) is 0 Å². The highest BCUT2D eigenvalue weighted by molar-refractivity contribution is 9.10. The number of nitrogens with zero attached hydrogens (tertiary/aromatic N) is 2. The van der Waals surface area contributed by atoms with Crippen LogP contribution in [0.2, 0.25) is 0 Å². The Morgan fingerprint density at radius 2 is 1.84 bits per heavy atom. The first-order valence-corrected chi connectivity index (χ1v) is 11.2. The van der Waals surface area contributed by atoms with Gasteiger partial charge in [-0.05, 0) is 58.7 Å². The number of morpholine rings is 1. The van der Waals surface area contributed by atoms with Gasteiger partial charge in [-0.25, -0.2) is 0 Å². The number of hydrogen-bond acceptors (Lipinski definition) is 5. The van der Waals surface area contributed by atoms with E-state index in [9.17, 15) is 9.59 Å². The molecule has 1 saturated heterocycles. The molecule has 0 atom stereocenters. The normalized spacial score (nSPS) is 13.5. The summed E-state index contributed by atoms with van der Waals surface area (Å²) < 4.78 is 11.9. The van der Waals surface area contributed by atoms with E-state index in [1.807, 2.05) is 48.5 Å². The molecule has 0 aliphatic carbocycles. The van der Waals surface area contributed by atoms with Crippen LogP contribution >= 0.6 is 15.9 Å². The maximum absolute atomic E-state index is 12.3. The first-order chi connectivity index (χ1) is 15.0. The van der Waals surface area contributed by atoms with Gasteiger partial charge in [-0.1, -0.05) is 12.1 Å². The monoisotopic (exact) mass is 489 g/mol. The zero-order valence-electron chi connectivity index (χ0n) is 17.7. The third-order valence-corrected chi connectivity index (χ3v) is 5.62. The Kier molecular flexibility index (Phi) is 8.73. The molecule has 0 aromatic heterocycles. The second kappa shape index (κ2) is 11.7. The van der Waals surface area contributed by atoms with Crippen molar-refractivity contribution in [3.8, 4) is 5.75 Å². The molecule has 166 valence electrons. The van der Waals surface area contributed by atoms with Gasteiger partial charge in [0.15, 0.2) is 0 Å². The molecule has 2 amide bonds. The van der Waals surface area contributed by atoms with E-state index < -0.39 is 0 Å². The Balaban J connectivity index is 1.37. The molecule has 0 bridgehead atoms. The molecule has 0 spiro atoms. The lowest BCUT2D eigenvalue weighted by Gasteiger charge is -2.28. The third kappa shape index (κ3) is 7.25. The van der Waals surface area contributed by atoms with E-state index in [1.165, 1.54) is 4.90 Å². The molecular weight excluding hydrogens is 462 g/mol. The molecule has 0 unspecified atom stereocenters. The van der Waals surface area contributed by atoms with E-state index in [1.54, 1.807) is 7.05 Å². The second-order valence-corrected chi connectivity index (χ2v) is 8.18. The molecule has 2 aromatic carbocycles. The summed E-state index contributed by atoms with van der Waals surface area (Å²) in [5, 5.41) is 2.85. The maximum atomic E-state index is 12.3. The van der Waals surface area contributed by atoms with Gasteiger partial charge in [-0.3, -0.25) is 9.59 Å². The molecule has 1 fully saturated rings. The van der Waals surface area contributed by atoms with Crippen LogP contribution in [0, 0.1) is 0 Å². The fraction of sp³-hybridized carbons (Fsp3) is 0.391. The molecule has 3 rings (SSSR count). The van der Waals surface area contributed by atoms with Gasteiger partial charge >= 0.3 is 0 Å². The topological polar surface area (TPSA) is 71.1 Å². The van der Waals surface area contributed by atoms with Crippen LogP contribution in [0.1, 0.15) is 12.8 Å². The summed E-state index contributed by atoms with van der Waals surface area (Å²) in [7, 11) is 1.64. The molecule has 31 heavy (non-hydrogen) atoms. The Bertz CT molecular complexity index is 869. The van der Waals surface area contributed by atoms with Gasteiger partial charge in [0.1, 0.15) is 5.75 Å². The lowest BCUT2D eigenvalue weighted by molar-refractivity contribution is -0.133. The van der Waals surface area contributed by atoms with Crippen LogP contribution in [0.25, 0.3) is 0 Å². The number of halogens is 1. The molecule has 7 nitrogen and oxygen atoms in total. The van der Waals surface area contributed by atoms with E-state index in [0.717, 1.165) is 42.2 Å². The lowest BCUT2D eigenvalue weighted by Crippen LogP contribution is -2.36. The molecule has 2 aromatic rings. The van der Waals surface area contributed by atoms with E-state index in [4.69, 9.17) is 9.47 Å². The summed E-state index contributed by atoms with van der Waals surface area (Å²) >= 11 is 3.43. The maximum Gasteiger partial charge on any atom is 0.243 e. The highest BCUT2D eigenvalue weighted by Crippen LogP contribution is 2.24. The van der Waals surface area contributed by atoms with Crippen LogP contribution in [-0.2, 0) is 14.3 Å². The van der Waals surface area contributed by atoms with Gasteiger partial charge < -0.3 is 24.6 Å². The first-order valence-electron chi connectivity index (χ1n) is 10.4. The number of anilines is 2. The van der Waals surface area contributed by atoms with Gasteiger partial charge in [-0.2, -0.15) is 0 Å². The first kappa shape index (κ1) is 23.1. The van der Waals surface area contributed by atoms with Crippen molar-refractivity contribution in [2.45, 2.75) is 12.8 Å². The predicted molar refractivity (Wildman–Crippen MR) is 125 cm³/mol. The van der Waals surface area contributed by atoms with Crippen LogP contribution in [-0.4, -0.2) is 63.2 Å². The van der Waals surface area contributed by atoms with Crippen molar-refractivity contribution in [3.05, 3.63) is 53.0 Å². The Labute approximate surface area is 191 Å². The van der Waals surface area contributed by atoms with E-state index >= 15 is 0 Å². The summed E-state index contributed by atoms with van der Waals surface area (Å²) in [5.41, 5.74) is 1.82. The van der Waals surface area contributed by atoms with Crippen LogP contribution in [0.15, 0.2) is 53.0 Å². The number of carbonyl (C=O) groups is 2. The van der Waals surface area contributed by atoms with Crippen molar-refractivity contribution >= 4 is 39.1 Å². The highest BCUT2D eigenvalue weighted by atomic mass is 79.9. The van der Waals surface area contributed by atoms with Crippen LogP contribution in [0.3, 0.4) is 0 Å². The molecular formula is C23H28BrN3O4. The Morgan fingerprint density at radius 3 is 2.55 bits per heavy atom. The molecule has 1 aliphatic rings. The van der Waals surface area contributed by atoms with E-state index in [2.05, 4.69) is 26.1 Å². The zero-order valence-corrected chi connectivity index (χ0v) is 19.3. The molecule has 1 aliphatic heterocycles. The summed E-state index contributed by atoms with van der Waals surface area (Å²) in [4.78, 5) is 28.3. The highest BCUT2D eigenvalue weighted by Gasteiger charge is 2.14. The zero-order chi connectivity index (χ0) is 22.1. The number of para-hydroxylation sites is 1. The SMILES string of the molecule is CN(CC(=O)Nc1ccc(N2CCOCC2)cc1)C(=O)CCCOc1ccccc1Br. The van der Waals surface area contributed by atoms with E-state index in [0.29, 0.717) is 25.1 Å². The number of carbonyl (C=O) groups excluding carboxylic acids is 2. The molecule has 0 saturated carbocycles. The lowest BCUT2D eigenvalue weighted by atomic mass is 10.2. The number of likely N-dealkylation sites (N-methyl/N-ethyl adjacent to an activating group) is 1. The van der Waals surface area contributed by atoms with Crippen molar-refractivity contribution in [1.82, 2.24) is 4.90 Å². The molecule has 0 radical (unpaired) electrons. The Hall–Kier alpha value is -2.58. The predicted octanol–water partition coefficient (Wildman–Crippen LogP) is 3.54. The summed E-state index contributed by atoms with van der Waals surface area (Å²) in [6.45, 7) is 3.64. The fourth-order valence-electron chi connectivity index (χ4n) is 3.24. The van der Waals surface area contributed by atoms with Gasteiger partial charge in [-0.15, -0.1) is 0 Å². The van der Waals surface area contributed by atoms with Gasteiger partial charge in [0.2, 0.25) is 11.8 Å². The van der Waals surface area contributed by atoms with Gasteiger partial charge in [0, 0.05) is 37.9 Å². The smallest absolute Gasteiger partial charge is 0.243 e. The van der Waals surface area contributed by atoms with Crippen molar-refractivity contribution in [1.29, 1.82) is 0 Å². The standard InChI is InChI=1S/C23H28BrN3O4/c1-26(23(29)7-4-14-31-21-6-3-2-5-20(21)24)17-22(28)25-18-8-10-19(11-9-18)27-12-15-30-16-13-27/h2-3,5-6,8-11H,4,7,12-17H2,1H3,(H,25,28). The summed E-state index contributed by atoms with van der Waals surface area (Å²) in [5.74, 6) is 0.440. The molecule has 1 N–H and O–H groups in total. The molecule has 1 heterocycles. The summed E-state index contributed by atoms with van der Waals surface area (Å²) in [6.07, 6.45) is 0.900.